The van der Waals surface area contributed by atoms with Crippen LogP contribution in [0.1, 0.15) is 68.6 Å². The number of carbonyl (C=O) groups is 1. The number of ether oxygens (including phenoxy) is 4. The van der Waals surface area contributed by atoms with Crippen LogP contribution in [0.3, 0.4) is 0 Å². The molecule has 2 aromatic carbocycles. The lowest BCUT2D eigenvalue weighted by Crippen LogP contribution is -2.51. The second-order valence-electron chi connectivity index (χ2n) is 14.5. The van der Waals surface area contributed by atoms with E-state index >= 15 is 0 Å². The fourth-order valence-electron chi connectivity index (χ4n) is 8.01. The Bertz CT molecular complexity index is 1770. The van der Waals surface area contributed by atoms with E-state index in [4.69, 9.17) is 23.4 Å². The smallest absolute Gasteiger partial charge is 0.407 e. The number of sulfonamides is 1. The molecule has 3 aliphatic heterocycles. The molecule has 4 aliphatic rings. The van der Waals surface area contributed by atoms with Gasteiger partial charge < -0.3 is 38.9 Å². The van der Waals surface area contributed by atoms with Crippen molar-refractivity contribution in [3.05, 3.63) is 71.7 Å². The maximum Gasteiger partial charge on any atom is 0.407 e. The Labute approximate surface area is 304 Å². The van der Waals surface area contributed by atoms with Crippen LogP contribution in [0.25, 0.3) is 11.3 Å². The average Bonchev–Trinajstić information content (AvgIpc) is 3.86. The van der Waals surface area contributed by atoms with Crippen LogP contribution in [-0.4, -0.2) is 91.5 Å². The maximum atomic E-state index is 14.6. The normalized spacial score (nSPS) is 28.0. The van der Waals surface area contributed by atoms with Crippen molar-refractivity contribution in [1.82, 2.24) is 14.6 Å². The number of oxazole rings is 1. The van der Waals surface area contributed by atoms with Crippen molar-refractivity contribution < 1.29 is 46.8 Å². The van der Waals surface area contributed by atoms with Crippen molar-refractivity contribution >= 4 is 16.1 Å². The number of fused-ring (bicyclic) bond motifs is 2. The van der Waals surface area contributed by atoms with E-state index < -0.39 is 34.4 Å². The lowest BCUT2D eigenvalue weighted by atomic mass is 9.98. The van der Waals surface area contributed by atoms with Crippen LogP contribution in [0.15, 0.2) is 64.0 Å². The molecule has 2 saturated heterocycles. The quantitative estimate of drug-likeness (QED) is 0.281. The first-order chi connectivity index (χ1) is 25.2. The summed E-state index contributed by atoms with van der Waals surface area (Å²) in [7, 11) is -4.16. The van der Waals surface area contributed by atoms with Gasteiger partial charge in [-0.25, -0.2) is 18.2 Å². The number of hydrogen-bond donors (Lipinski definition) is 3. The largest absolute Gasteiger partial charge is 0.445 e. The Morgan fingerprint density at radius 3 is 2.63 bits per heavy atom. The van der Waals surface area contributed by atoms with Gasteiger partial charge in [-0.05, 0) is 61.9 Å². The molecule has 1 unspecified atom stereocenters. The molecular weight excluding hydrogens is 690 g/mol. The molecule has 1 aromatic heterocycles. The first-order valence-electron chi connectivity index (χ1n) is 18.4. The van der Waals surface area contributed by atoms with Gasteiger partial charge in [0, 0.05) is 43.0 Å². The van der Waals surface area contributed by atoms with Gasteiger partial charge in [0.2, 0.25) is 15.9 Å². The van der Waals surface area contributed by atoms with Gasteiger partial charge in [-0.15, -0.1) is 0 Å². The standard InChI is InChI=1S/C38H49N3O10S/c1-24(42)36-39-19-33(50-36)26-12-13-34-27(17-26)21-47-15-9-4-2-3-8-14-41(52(34,45)46)20-32(43)31(16-25-10-6-5-7-11-25)40-38(44)51-35-28-18-29-30(35)23-49-37(29)48-22-28/h5-7,10-13,17,19,24,28-32,35,37,42-43H,2-4,8-9,14-16,18,20-23H2,1H3,(H,40,44)/t24-,28+,29?,30+,31-,32+,35-,37-/m0/s1. The Hall–Kier alpha value is -3.37. The lowest BCUT2D eigenvalue weighted by Gasteiger charge is -2.31. The molecule has 8 atom stereocenters. The molecule has 3 N–H and O–H groups in total. The number of aromatic nitrogens is 1. The highest BCUT2D eigenvalue weighted by atomic mass is 32.2. The summed E-state index contributed by atoms with van der Waals surface area (Å²) in [5, 5.41) is 24.7. The van der Waals surface area contributed by atoms with Crippen molar-refractivity contribution in [2.45, 2.75) is 94.0 Å². The Morgan fingerprint density at radius 1 is 1.04 bits per heavy atom. The molecule has 7 rings (SSSR count). The lowest BCUT2D eigenvalue weighted by molar-refractivity contribution is -0.169. The molecular formula is C38H49N3O10S. The average molecular weight is 740 g/mol. The van der Waals surface area contributed by atoms with Crippen LogP contribution in [0, 0.1) is 17.8 Å². The zero-order valence-electron chi connectivity index (χ0n) is 29.5. The summed E-state index contributed by atoms with van der Waals surface area (Å²) in [4.78, 5) is 17.7. The van der Waals surface area contributed by atoms with E-state index in [1.54, 1.807) is 19.1 Å². The van der Waals surface area contributed by atoms with E-state index in [1.165, 1.54) is 16.6 Å². The van der Waals surface area contributed by atoms with E-state index in [1.807, 2.05) is 30.3 Å². The van der Waals surface area contributed by atoms with Crippen molar-refractivity contribution in [3.63, 3.8) is 0 Å². The molecule has 13 nitrogen and oxygen atoms in total. The van der Waals surface area contributed by atoms with Gasteiger partial charge in [-0.3, -0.25) is 0 Å². The van der Waals surface area contributed by atoms with Gasteiger partial charge in [-0.2, -0.15) is 4.31 Å². The number of alkyl carbamates (subject to hydrolysis) is 1. The number of aliphatic hydroxyl groups is 2. The molecule has 14 heteroatoms. The molecule has 0 radical (unpaired) electrons. The minimum Gasteiger partial charge on any atom is -0.445 e. The zero-order valence-corrected chi connectivity index (χ0v) is 30.3. The molecule has 1 amide bonds. The summed E-state index contributed by atoms with van der Waals surface area (Å²) in [5.41, 5.74) is 1.91. The van der Waals surface area contributed by atoms with E-state index in [9.17, 15) is 23.4 Å². The topological polar surface area (TPSA) is 170 Å². The summed E-state index contributed by atoms with van der Waals surface area (Å²) in [6.45, 7) is 2.99. The summed E-state index contributed by atoms with van der Waals surface area (Å²) >= 11 is 0. The van der Waals surface area contributed by atoms with Crippen LogP contribution >= 0.6 is 0 Å². The first-order valence-corrected chi connectivity index (χ1v) is 19.9. The van der Waals surface area contributed by atoms with Gasteiger partial charge in [0.05, 0.1) is 43.1 Å². The molecule has 0 spiro atoms. The fourth-order valence-corrected chi connectivity index (χ4v) is 9.70. The van der Waals surface area contributed by atoms with Crippen LogP contribution in [0.4, 0.5) is 4.79 Å². The number of nitrogens with zero attached hydrogens (tertiary/aromatic N) is 2. The minimum absolute atomic E-state index is 0.0566. The van der Waals surface area contributed by atoms with Gasteiger partial charge >= 0.3 is 6.09 Å². The number of hydrogen-bond acceptors (Lipinski definition) is 11. The molecule has 1 saturated carbocycles. The van der Waals surface area contributed by atoms with Gasteiger partial charge in [0.1, 0.15) is 12.2 Å². The minimum atomic E-state index is -4.16. The Balaban J connectivity index is 1.13. The van der Waals surface area contributed by atoms with E-state index in [0.29, 0.717) is 43.1 Å². The number of β-amino-alcohol motifs (C(OH)–C–C–N with tert-alkyl or cyclic N) is 1. The molecule has 4 heterocycles. The van der Waals surface area contributed by atoms with Crippen LogP contribution in [-0.2, 0) is 42.0 Å². The van der Waals surface area contributed by atoms with Crippen molar-refractivity contribution in [2.24, 2.45) is 17.8 Å². The maximum absolute atomic E-state index is 14.6. The summed E-state index contributed by atoms with van der Waals surface area (Å²) in [6, 6.07) is 13.5. The zero-order chi connectivity index (χ0) is 36.2. The highest BCUT2D eigenvalue weighted by Gasteiger charge is 2.56. The summed E-state index contributed by atoms with van der Waals surface area (Å²) < 4.78 is 59.8. The molecule has 52 heavy (non-hydrogen) atoms. The Kier molecular flexibility index (Phi) is 11.6. The highest BCUT2D eigenvalue weighted by Crippen LogP contribution is 2.49. The molecule has 1 aliphatic carbocycles. The second-order valence-corrected chi connectivity index (χ2v) is 16.4. The third-order valence-corrected chi connectivity index (χ3v) is 12.8. The molecule has 3 fully saturated rings. The predicted molar refractivity (Wildman–Crippen MR) is 188 cm³/mol. The van der Waals surface area contributed by atoms with E-state index in [2.05, 4.69) is 10.3 Å². The molecule has 2 bridgehead atoms. The monoisotopic (exact) mass is 739 g/mol. The summed E-state index contributed by atoms with van der Waals surface area (Å²) in [5.74, 6) is 0.899. The fraction of sp³-hybridized carbons (Fsp3) is 0.579. The predicted octanol–water partition coefficient (Wildman–Crippen LogP) is 4.57. The van der Waals surface area contributed by atoms with Gasteiger partial charge in [0.25, 0.3) is 0 Å². The van der Waals surface area contributed by atoms with Crippen LogP contribution < -0.4 is 5.32 Å². The molecule has 282 valence electrons. The van der Waals surface area contributed by atoms with Crippen LogP contribution in [0.5, 0.6) is 0 Å². The van der Waals surface area contributed by atoms with Crippen molar-refractivity contribution in [1.29, 1.82) is 0 Å². The van der Waals surface area contributed by atoms with Crippen molar-refractivity contribution in [3.8, 4) is 11.3 Å². The third kappa shape index (κ3) is 8.23. The number of rotatable bonds is 9. The molecule has 3 aromatic rings. The number of aliphatic hydroxyl groups excluding tert-OH is 2. The second kappa shape index (κ2) is 16.3. The summed E-state index contributed by atoms with van der Waals surface area (Å²) in [6.07, 6.45) is 3.39. The number of carbonyl (C=O) groups excluding carboxylic acids is 1. The number of amides is 1. The van der Waals surface area contributed by atoms with Crippen LogP contribution in [0.2, 0.25) is 0 Å². The van der Waals surface area contributed by atoms with Gasteiger partial charge in [0.15, 0.2) is 12.1 Å². The Morgan fingerprint density at radius 2 is 1.83 bits per heavy atom. The SMILES string of the molecule is C[C@H](O)c1ncc(-c2ccc3c(c2)COCCCCCCCN(C[C@@H](O)[C@H](Cc2ccccc2)NC(=O)O[C@H]2[C@H]4CO[C@H]5OC[C@@H]2C5C4)S3(=O)=O)o1. The van der Waals surface area contributed by atoms with Crippen molar-refractivity contribution in [2.75, 3.05) is 32.9 Å². The van der Waals surface area contributed by atoms with Gasteiger partial charge in [-0.1, -0.05) is 49.6 Å². The van der Waals surface area contributed by atoms with E-state index in [-0.39, 0.29) is 67.1 Å². The third-order valence-electron chi connectivity index (χ3n) is 10.8. The number of benzene rings is 2. The van der Waals surface area contributed by atoms with E-state index in [0.717, 1.165) is 37.7 Å². The number of nitrogens with one attached hydrogen (secondary N) is 1. The first kappa shape index (κ1) is 37.0. The highest BCUT2D eigenvalue weighted by molar-refractivity contribution is 7.89.